The van der Waals surface area contributed by atoms with E-state index in [0.717, 1.165) is 26.1 Å². The molecule has 0 radical (unpaired) electrons. The lowest BCUT2D eigenvalue weighted by atomic mass is 9.93. The quantitative estimate of drug-likeness (QED) is 0.816. The van der Waals surface area contributed by atoms with E-state index in [1.54, 1.807) is 0 Å². The highest BCUT2D eigenvalue weighted by Crippen LogP contribution is 2.25. The summed E-state index contributed by atoms with van der Waals surface area (Å²) in [6.45, 7) is 12.0. The number of carboxylic acid groups (broad SMARTS) is 1. The highest BCUT2D eigenvalue weighted by atomic mass is 16.4. The Morgan fingerprint density at radius 3 is 2.56 bits per heavy atom. The normalized spacial score (nSPS) is 25.6. The second-order valence-electron chi connectivity index (χ2n) is 6.60. The number of hydrogen-bond acceptors (Lipinski definition) is 3. The first-order chi connectivity index (χ1) is 8.22. The van der Waals surface area contributed by atoms with Crippen molar-refractivity contribution in [2.45, 2.75) is 52.1 Å². The Kier molecular flexibility index (Phi) is 5.17. The van der Waals surface area contributed by atoms with Gasteiger partial charge in [0, 0.05) is 37.6 Å². The van der Waals surface area contributed by atoms with E-state index in [1.807, 2.05) is 0 Å². The summed E-state index contributed by atoms with van der Waals surface area (Å²) in [5.74, 6) is -0.0662. The Balaban J connectivity index is 2.68. The Morgan fingerprint density at radius 2 is 2.06 bits per heavy atom. The zero-order chi connectivity index (χ0) is 13.9. The van der Waals surface area contributed by atoms with Crippen molar-refractivity contribution < 1.29 is 9.90 Å². The molecule has 0 aromatic carbocycles. The molecule has 0 saturated carbocycles. The number of carboxylic acids is 1. The number of carbonyl (C=O) groups is 1. The van der Waals surface area contributed by atoms with E-state index in [-0.39, 0.29) is 12.0 Å². The lowest BCUT2D eigenvalue weighted by Crippen LogP contribution is -2.62. The molecule has 4 heteroatoms. The Morgan fingerprint density at radius 1 is 1.44 bits per heavy atom. The van der Waals surface area contributed by atoms with Crippen molar-refractivity contribution in [3.63, 3.8) is 0 Å². The van der Waals surface area contributed by atoms with Crippen LogP contribution in [0.4, 0.5) is 0 Å². The molecular weight excluding hydrogens is 228 g/mol. The zero-order valence-electron chi connectivity index (χ0n) is 12.4. The third-order valence-corrected chi connectivity index (χ3v) is 3.92. The largest absolute Gasteiger partial charge is 0.481 e. The summed E-state index contributed by atoms with van der Waals surface area (Å²) < 4.78 is 0. The van der Waals surface area contributed by atoms with E-state index in [0.29, 0.717) is 12.0 Å². The molecule has 18 heavy (non-hydrogen) atoms. The zero-order valence-corrected chi connectivity index (χ0v) is 12.4. The third kappa shape index (κ3) is 4.25. The number of hydrogen-bond donors (Lipinski definition) is 1. The molecule has 1 heterocycles. The maximum Gasteiger partial charge on any atom is 0.303 e. The van der Waals surface area contributed by atoms with Crippen LogP contribution < -0.4 is 0 Å². The highest BCUT2D eigenvalue weighted by molar-refractivity contribution is 5.66. The van der Waals surface area contributed by atoms with Crippen LogP contribution in [0.15, 0.2) is 0 Å². The highest BCUT2D eigenvalue weighted by Gasteiger charge is 2.36. The van der Waals surface area contributed by atoms with Crippen molar-refractivity contribution in [1.82, 2.24) is 9.80 Å². The maximum absolute atomic E-state index is 10.7. The second kappa shape index (κ2) is 6.02. The molecule has 1 aliphatic heterocycles. The number of aliphatic carboxylic acids is 1. The van der Waals surface area contributed by atoms with Crippen LogP contribution in [0.5, 0.6) is 0 Å². The standard InChI is InChI=1S/C14H28N2O2/c1-11(2)8-16-10-14(3,4)15(5)9-12(16)6-7-13(17)18/h11-12H,6-10H2,1-5H3,(H,17,18). The molecule has 1 rings (SSSR count). The molecule has 4 nitrogen and oxygen atoms in total. The summed E-state index contributed by atoms with van der Waals surface area (Å²) in [6.07, 6.45) is 1.02. The molecule has 1 fully saturated rings. The van der Waals surface area contributed by atoms with Crippen LogP contribution in [0.1, 0.15) is 40.5 Å². The van der Waals surface area contributed by atoms with E-state index < -0.39 is 5.97 Å². The molecule has 0 amide bonds. The predicted octanol–water partition coefficient (Wildman–Crippen LogP) is 1.90. The van der Waals surface area contributed by atoms with E-state index in [1.165, 1.54) is 0 Å². The fourth-order valence-electron chi connectivity index (χ4n) is 2.67. The van der Waals surface area contributed by atoms with Crippen LogP contribution in [0.25, 0.3) is 0 Å². The van der Waals surface area contributed by atoms with Gasteiger partial charge in [-0.05, 0) is 33.2 Å². The fraction of sp³-hybridized carbons (Fsp3) is 0.929. The van der Waals surface area contributed by atoms with Crippen LogP contribution in [0.3, 0.4) is 0 Å². The predicted molar refractivity (Wildman–Crippen MR) is 73.8 cm³/mol. The van der Waals surface area contributed by atoms with Crippen LogP contribution in [0, 0.1) is 5.92 Å². The average molecular weight is 256 g/mol. The second-order valence-corrected chi connectivity index (χ2v) is 6.60. The molecule has 0 spiro atoms. The average Bonchev–Trinajstić information content (AvgIpc) is 2.19. The van der Waals surface area contributed by atoms with Gasteiger partial charge in [-0.2, -0.15) is 0 Å². The Labute approximate surface area is 111 Å². The number of rotatable bonds is 5. The minimum absolute atomic E-state index is 0.175. The molecule has 0 aliphatic carbocycles. The van der Waals surface area contributed by atoms with Crippen LogP contribution in [-0.4, -0.2) is 59.1 Å². The maximum atomic E-state index is 10.7. The van der Waals surface area contributed by atoms with E-state index >= 15 is 0 Å². The van der Waals surface area contributed by atoms with Crippen molar-refractivity contribution in [1.29, 1.82) is 0 Å². The van der Waals surface area contributed by atoms with Crippen LogP contribution in [0.2, 0.25) is 0 Å². The van der Waals surface area contributed by atoms with Gasteiger partial charge in [0.15, 0.2) is 0 Å². The SMILES string of the molecule is CC(C)CN1CC(C)(C)N(C)CC1CCC(=O)O. The molecule has 106 valence electrons. The number of piperazine rings is 1. The Bertz CT molecular complexity index is 290. The van der Waals surface area contributed by atoms with Gasteiger partial charge in [-0.3, -0.25) is 14.6 Å². The number of nitrogens with zero attached hydrogens (tertiary/aromatic N) is 2. The van der Waals surface area contributed by atoms with Crippen molar-refractivity contribution in [3.05, 3.63) is 0 Å². The first-order valence-corrected chi connectivity index (χ1v) is 6.89. The molecule has 1 saturated heterocycles. The molecule has 0 aromatic heterocycles. The summed E-state index contributed by atoms with van der Waals surface area (Å²) >= 11 is 0. The fourth-order valence-corrected chi connectivity index (χ4v) is 2.67. The lowest BCUT2D eigenvalue weighted by molar-refractivity contribution is -0.137. The molecule has 1 unspecified atom stereocenters. The smallest absolute Gasteiger partial charge is 0.303 e. The topological polar surface area (TPSA) is 43.8 Å². The van der Waals surface area contributed by atoms with Crippen molar-refractivity contribution >= 4 is 5.97 Å². The van der Waals surface area contributed by atoms with Crippen molar-refractivity contribution in [2.24, 2.45) is 5.92 Å². The van der Waals surface area contributed by atoms with Gasteiger partial charge in [0.25, 0.3) is 0 Å². The van der Waals surface area contributed by atoms with E-state index in [4.69, 9.17) is 5.11 Å². The monoisotopic (exact) mass is 256 g/mol. The molecular formula is C14H28N2O2. The van der Waals surface area contributed by atoms with Gasteiger partial charge in [0.05, 0.1) is 0 Å². The van der Waals surface area contributed by atoms with Gasteiger partial charge >= 0.3 is 5.97 Å². The molecule has 1 atom stereocenters. The summed E-state index contributed by atoms with van der Waals surface area (Å²) in [4.78, 5) is 15.6. The van der Waals surface area contributed by atoms with Gasteiger partial charge in [-0.15, -0.1) is 0 Å². The first kappa shape index (κ1) is 15.4. The summed E-state index contributed by atoms with van der Waals surface area (Å²) in [5, 5.41) is 8.85. The van der Waals surface area contributed by atoms with Crippen LogP contribution in [-0.2, 0) is 4.79 Å². The van der Waals surface area contributed by atoms with Gasteiger partial charge in [0.2, 0.25) is 0 Å². The van der Waals surface area contributed by atoms with E-state index in [2.05, 4.69) is 44.5 Å². The first-order valence-electron chi connectivity index (χ1n) is 6.89. The van der Waals surface area contributed by atoms with Gasteiger partial charge < -0.3 is 5.11 Å². The van der Waals surface area contributed by atoms with E-state index in [9.17, 15) is 4.79 Å². The van der Waals surface area contributed by atoms with Crippen LogP contribution >= 0.6 is 0 Å². The molecule has 1 aliphatic rings. The minimum Gasteiger partial charge on any atom is -0.481 e. The lowest BCUT2D eigenvalue weighted by Gasteiger charge is -2.50. The number of likely N-dealkylation sites (N-methyl/N-ethyl adjacent to an activating group) is 1. The van der Waals surface area contributed by atoms with Crippen molar-refractivity contribution in [3.8, 4) is 0 Å². The third-order valence-electron chi connectivity index (χ3n) is 3.92. The molecule has 0 bridgehead atoms. The summed E-state index contributed by atoms with van der Waals surface area (Å²) in [6, 6.07) is 0.376. The van der Waals surface area contributed by atoms with Gasteiger partial charge in [0.1, 0.15) is 0 Å². The summed E-state index contributed by atoms with van der Waals surface area (Å²) in [5.41, 5.74) is 0.175. The Hall–Kier alpha value is -0.610. The molecule has 0 aromatic rings. The minimum atomic E-state index is -0.688. The van der Waals surface area contributed by atoms with Crippen molar-refractivity contribution in [2.75, 3.05) is 26.7 Å². The molecule has 1 N–H and O–H groups in total. The van der Waals surface area contributed by atoms with Gasteiger partial charge in [-0.25, -0.2) is 0 Å². The summed E-state index contributed by atoms with van der Waals surface area (Å²) in [7, 11) is 2.14. The van der Waals surface area contributed by atoms with Gasteiger partial charge in [-0.1, -0.05) is 13.8 Å².